The molecule has 1 aliphatic rings. The van der Waals surface area contributed by atoms with E-state index < -0.39 is 0 Å². The Kier molecular flexibility index (Phi) is 14.7. The van der Waals surface area contributed by atoms with Gasteiger partial charge in [0.1, 0.15) is 0 Å². The van der Waals surface area contributed by atoms with Gasteiger partial charge < -0.3 is 16.3 Å². The lowest BCUT2D eigenvalue weighted by molar-refractivity contribution is -0.00631. The zero-order valence-corrected chi connectivity index (χ0v) is 21.8. The standard InChI is InChI=1S/C29H53O2/c1-8-10-11-14-22(3)15-12-16-23(4)17-13-18-24(5)19-20-27-21-28(30)25(6)26(7)29(27)31-9-2/h8,14,21,23-26,28-30H,9-13,15-20H2,1-7H3/q-1/b22-14+. The molecule has 0 saturated carbocycles. The number of hydrogen-bond acceptors (Lipinski definition) is 2. The molecule has 182 valence electrons. The Morgan fingerprint density at radius 1 is 1.10 bits per heavy atom. The Balaban J connectivity index is 2.27. The van der Waals surface area contributed by atoms with Gasteiger partial charge in [-0.15, -0.1) is 0 Å². The maximum atomic E-state index is 10.4. The van der Waals surface area contributed by atoms with Gasteiger partial charge in [0.05, 0.1) is 12.2 Å². The van der Waals surface area contributed by atoms with Gasteiger partial charge in [0.25, 0.3) is 0 Å². The van der Waals surface area contributed by atoms with Crippen LogP contribution in [0.4, 0.5) is 0 Å². The van der Waals surface area contributed by atoms with Crippen LogP contribution >= 0.6 is 0 Å². The summed E-state index contributed by atoms with van der Waals surface area (Å²) in [6.07, 6.45) is 19.3. The number of rotatable bonds is 16. The van der Waals surface area contributed by atoms with Gasteiger partial charge in [-0.2, -0.15) is 13.3 Å². The number of aliphatic hydroxyl groups excluding tert-OH is 1. The highest BCUT2D eigenvalue weighted by molar-refractivity contribution is 5.18. The van der Waals surface area contributed by atoms with E-state index in [1.807, 2.05) is 0 Å². The molecule has 0 fully saturated rings. The first-order chi connectivity index (χ1) is 14.8. The second-order valence-corrected chi connectivity index (χ2v) is 10.4. The monoisotopic (exact) mass is 433 g/mol. The zero-order valence-electron chi connectivity index (χ0n) is 21.8. The molecule has 0 heterocycles. The van der Waals surface area contributed by atoms with Crippen molar-refractivity contribution < 1.29 is 9.84 Å². The number of allylic oxidation sites excluding steroid dienone is 2. The smallest absolute Gasteiger partial charge is 0.0814 e. The third-order valence-electron chi connectivity index (χ3n) is 7.48. The van der Waals surface area contributed by atoms with Crippen LogP contribution in [0.3, 0.4) is 0 Å². The topological polar surface area (TPSA) is 29.5 Å². The third-order valence-corrected chi connectivity index (χ3v) is 7.48. The minimum atomic E-state index is -0.318. The molecule has 31 heavy (non-hydrogen) atoms. The van der Waals surface area contributed by atoms with E-state index in [2.05, 4.69) is 67.0 Å². The van der Waals surface area contributed by atoms with Gasteiger partial charge in [-0.1, -0.05) is 77.5 Å². The van der Waals surface area contributed by atoms with Crippen LogP contribution in [0, 0.1) is 30.1 Å². The minimum Gasteiger partial charge on any atom is -0.389 e. The van der Waals surface area contributed by atoms with Crippen molar-refractivity contribution in [2.24, 2.45) is 23.7 Å². The van der Waals surface area contributed by atoms with Gasteiger partial charge in [-0.25, -0.2) is 0 Å². The van der Waals surface area contributed by atoms with Gasteiger partial charge >= 0.3 is 0 Å². The highest BCUT2D eigenvalue weighted by Crippen LogP contribution is 2.35. The quantitative estimate of drug-likeness (QED) is 0.151. The van der Waals surface area contributed by atoms with E-state index in [4.69, 9.17) is 4.74 Å². The summed E-state index contributed by atoms with van der Waals surface area (Å²) >= 11 is 0. The van der Waals surface area contributed by atoms with Gasteiger partial charge in [0.15, 0.2) is 0 Å². The summed E-state index contributed by atoms with van der Waals surface area (Å²) in [6.45, 7) is 16.5. The lowest BCUT2D eigenvalue weighted by Crippen LogP contribution is -2.39. The zero-order chi connectivity index (χ0) is 23.2. The Bertz CT molecular complexity index is 521. The Hall–Kier alpha value is -0.600. The first kappa shape index (κ1) is 28.4. The molecule has 0 saturated heterocycles. The van der Waals surface area contributed by atoms with Crippen LogP contribution in [0.2, 0.25) is 0 Å². The van der Waals surface area contributed by atoms with Crippen molar-refractivity contribution in [2.75, 3.05) is 6.61 Å². The maximum absolute atomic E-state index is 10.4. The molecule has 0 aromatic heterocycles. The van der Waals surface area contributed by atoms with Gasteiger partial charge in [-0.3, -0.25) is 0 Å². The Morgan fingerprint density at radius 2 is 1.74 bits per heavy atom. The molecule has 1 aliphatic carbocycles. The lowest BCUT2D eigenvalue weighted by Gasteiger charge is -2.37. The van der Waals surface area contributed by atoms with Crippen LogP contribution < -0.4 is 0 Å². The molecule has 0 aliphatic heterocycles. The van der Waals surface area contributed by atoms with E-state index in [-0.39, 0.29) is 18.1 Å². The number of aliphatic hydroxyl groups is 1. The molecule has 0 radical (unpaired) electrons. The Labute approximate surface area is 194 Å². The maximum Gasteiger partial charge on any atom is 0.0814 e. The lowest BCUT2D eigenvalue weighted by atomic mass is 9.76. The average molecular weight is 434 g/mol. The first-order valence-corrected chi connectivity index (χ1v) is 13.2. The predicted molar refractivity (Wildman–Crippen MR) is 136 cm³/mol. The minimum absolute atomic E-state index is 0.188. The van der Waals surface area contributed by atoms with E-state index >= 15 is 0 Å². The highest BCUT2D eigenvalue weighted by Gasteiger charge is 2.34. The van der Waals surface area contributed by atoms with Crippen molar-refractivity contribution in [3.8, 4) is 0 Å². The highest BCUT2D eigenvalue weighted by atomic mass is 16.5. The molecule has 6 atom stereocenters. The summed E-state index contributed by atoms with van der Waals surface area (Å²) in [4.78, 5) is 0. The summed E-state index contributed by atoms with van der Waals surface area (Å²) in [5, 5.41) is 10.4. The van der Waals surface area contributed by atoms with Gasteiger partial charge in [-0.05, 0) is 68.8 Å². The molecular formula is C29H53O2-. The number of hydrogen-bond donors (Lipinski definition) is 1. The predicted octanol–water partition coefficient (Wildman–Crippen LogP) is 8.31. The molecule has 0 aromatic rings. The van der Waals surface area contributed by atoms with E-state index in [1.165, 1.54) is 63.4 Å². The summed E-state index contributed by atoms with van der Waals surface area (Å²) < 4.78 is 6.07. The number of ether oxygens (including phenoxy) is 1. The normalized spacial score (nSPS) is 26.6. The molecule has 6 unspecified atom stereocenters. The molecule has 0 aromatic carbocycles. The first-order valence-electron chi connectivity index (χ1n) is 13.2. The molecule has 1 rings (SSSR count). The van der Waals surface area contributed by atoms with Crippen molar-refractivity contribution in [1.29, 1.82) is 0 Å². The van der Waals surface area contributed by atoms with Crippen molar-refractivity contribution >= 4 is 0 Å². The van der Waals surface area contributed by atoms with Crippen molar-refractivity contribution in [3.63, 3.8) is 0 Å². The summed E-state index contributed by atoms with van der Waals surface area (Å²) in [6, 6.07) is 0. The second-order valence-electron chi connectivity index (χ2n) is 10.4. The average Bonchev–Trinajstić information content (AvgIpc) is 2.73. The second kappa shape index (κ2) is 16.1. The molecule has 0 bridgehead atoms. The van der Waals surface area contributed by atoms with Crippen LogP contribution in [0.25, 0.3) is 0 Å². The van der Waals surface area contributed by atoms with Gasteiger partial charge in [0.2, 0.25) is 0 Å². The molecule has 1 N–H and O–H groups in total. The molecule has 0 spiro atoms. The summed E-state index contributed by atoms with van der Waals surface area (Å²) in [5.74, 6) is 2.23. The van der Waals surface area contributed by atoms with Crippen LogP contribution in [0.15, 0.2) is 23.3 Å². The van der Waals surface area contributed by atoms with Gasteiger partial charge in [0, 0.05) is 6.61 Å². The van der Waals surface area contributed by atoms with Crippen molar-refractivity contribution in [3.05, 3.63) is 29.7 Å². The Morgan fingerprint density at radius 3 is 2.39 bits per heavy atom. The number of unbranched alkanes of at least 4 members (excludes halogenated alkanes) is 2. The SMILES string of the molecule is C[CH-]CC/C=C(\C)CCCC(C)CCCC(C)CCC1=CC(O)C(C)C(C)C1OCC. The van der Waals surface area contributed by atoms with Crippen LogP contribution in [0.1, 0.15) is 113 Å². The van der Waals surface area contributed by atoms with Crippen molar-refractivity contribution in [2.45, 2.75) is 125 Å². The summed E-state index contributed by atoms with van der Waals surface area (Å²) in [7, 11) is 0. The largest absolute Gasteiger partial charge is 0.389 e. The van der Waals surface area contributed by atoms with Crippen LogP contribution in [0.5, 0.6) is 0 Å². The van der Waals surface area contributed by atoms with Crippen LogP contribution in [-0.2, 0) is 4.74 Å². The summed E-state index contributed by atoms with van der Waals surface area (Å²) in [5.41, 5.74) is 2.90. The molecule has 2 heteroatoms. The molecule has 0 amide bonds. The fourth-order valence-electron chi connectivity index (χ4n) is 4.90. The fourth-order valence-corrected chi connectivity index (χ4v) is 4.90. The van der Waals surface area contributed by atoms with E-state index in [1.54, 1.807) is 5.57 Å². The van der Waals surface area contributed by atoms with E-state index in [0.29, 0.717) is 5.92 Å². The molecule has 2 nitrogen and oxygen atoms in total. The van der Waals surface area contributed by atoms with Crippen LogP contribution in [-0.4, -0.2) is 23.9 Å². The van der Waals surface area contributed by atoms with E-state index in [0.717, 1.165) is 24.9 Å². The molecular weight excluding hydrogens is 380 g/mol. The van der Waals surface area contributed by atoms with Crippen molar-refractivity contribution in [1.82, 2.24) is 0 Å². The third kappa shape index (κ3) is 11.2. The van der Waals surface area contributed by atoms with E-state index in [9.17, 15) is 5.11 Å². The fraction of sp³-hybridized carbons (Fsp3) is 0.828.